The Bertz CT molecular complexity index is 352. The first-order chi connectivity index (χ1) is 7.61. The van der Waals surface area contributed by atoms with Crippen molar-refractivity contribution in [1.82, 2.24) is 0 Å². The van der Waals surface area contributed by atoms with E-state index in [0.29, 0.717) is 17.8 Å². The number of rotatable bonds is 2. The molecule has 0 aromatic heterocycles. The van der Waals surface area contributed by atoms with E-state index in [1.165, 1.54) is 6.42 Å². The normalized spacial score (nSPS) is 46.7. The molecule has 0 aliphatic heterocycles. The van der Waals surface area contributed by atoms with Crippen molar-refractivity contribution in [2.75, 3.05) is 0 Å². The Morgan fingerprint density at radius 1 is 1.44 bits per heavy atom. The molecular weight excluding hydrogens is 202 g/mol. The summed E-state index contributed by atoms with van der Waals surface area (Å²) in [5.74, 6) is 1.15. The van der Waals surface area contributed by atoms with Crippen molar-refractivity contribution in [3.05, 3.63) is 12.2 Å². The lowest BCUT2D eigenvalue weighted by atomic mass is 9.66. The lowest BCUT2D eigenvalue weighted by Crippen LogP contribution is -2.48. The Kier molecular flexibility index (Phi) is 2.15. The van der Waals surface area contributed by atoms with Crippen molar-refractivity contribution in [3.8, 4) is 0 Å². The molecule has 0 spiro atoms. The molecule has 0 saturated heterocycles. The summed E-state index contributed by atoms with van der Waals surface area (Å²) in [7, 11) is 0. The molecule has 88 valence electrons. The smallest absolute Gasteiger partial charge is 0.321 e. The Balaban J connectivity index is 1.94. The van der Waals surface area contributed by atoms with Gasteiger partial charge in [0.2, 0.25) is 0 Å². The van der Waals surface area contributed by atoms with E-state index >= 15 is 0 Å². The Morgan fingerprint density at radius 2 is 2.25 bits per heavy atom. The van der Waals surface area contributed by atoms with Crippen LogP contribution in [0.15, 0.2) is 12.2 Å². The third-order valence-corrected chi connectivity index (χ3v) is 5.03. The van der Waals surface area contributed by atoms with E-state index in [9.17, 15) is 4.79 Å². The molecule has 4 unspecified atom stereocenters. The van der Waals surface area contributed by atoms with Gasteiger partial charge in [0.25, 0.3) is 0 Å². The van der Waals surface area contributed by atoms with E-state index in [4.69, 9.17) is 10.8 Å². The highest BCUT2D eigenvalue weighted by atomic mass is 16.4. The van der Waals surface area contributed by atoms with E-state index in [1.54, 1.807) is 0 Å². The summed E-state index contributed by atoms with van der Waals surface area (Å²) in [6, 6.07) is -0.658. The monoisotopic (exact) mass is 221 g/mol. The molecule has 0 heterocycles. The molecule has 3 aliphatic rings. The second kappa shape index (κ2) is 3.33. The summed E-state index contributed by atoms with van der Waals surface area (Å²) in [5, 5.41) is 9.17. The summed E-state index contributed by atoms with van der Waals surface area (Å²) in [5.41, 5.74) is 5.84. The van der Waals surface area contributed by atoms with E-state index in [0.717, 1.165) is 25.7 Å². The van der Waals surface area contributed by atoms with Gasteiger partial charge in [-0.1, -0.05) is 12.2 Å². The number of carboxylic acids is 1. The van der Waals surface area contributed by atoms with Crippen LogP contribution in [0.5, 0.6) is 0 Å². The second-order valence-corrected chi connectivity index (χ2v) is 5.98. The number of fused-ring (bicyclic) bond motifs is 2. The molecule has 3 aliphatic carbocycles. The van der Waals surface area contributed by atoms with Crippen LogP contribution < -0.4 is 5.73 Å². The molecule has 3 nitrogen and oxygen atoms in total. The van der Waals surface area contributed by atoms with Crippen LogP contribution >= 0.6 is 0 Å². The highest BCUT2D eigenvalue weighted by molar-refractivity contribution is 5.74. The molecule has 2 saturated carbocycles. The summed E-state index contributed by atoms with van der Waals surface area (Å²) in [6.07, 6.45) is 10.1. The van der Waals surface area contributed by atoms with Gasteiger partial charge in [0.15, 0.2) is 0 Å². The highest BCUT2D eigenvalue weighted by Crippen LogP contribution is 2.59. The zero-order chi connectivity index (χ0) is 11.3. The van der Waals surface area contributed by atoms with Gasteiger partial charge >= 0.3 is 5.97 Å². The molecule has 0 aromatic carbocycles. The fourth-order valence-electron chi connectivity index (χ4n) is 4.40. The molecule has 0 radical (unpaired) electrons. The van der Waals surface area contributed by atoms with Crippen LogP contribution in [-0.2, 0) is 4.79 Å². The van der Waals surface area contributed by atoms with E-state index in [-0.39, 0.29) is 5.41 Å². The van der Waals surface area contributed by atoms with Crippen LogP contribution in [-0.4, -0.2) is 17.1 Å². The largest absolute Gasteiger partial charge is 0.480 e. The summed E-state index contributed by atoms with van der Waals surface area (Å²) >= 11 is 0. The van der Waals surface area contributed by atoms with Crippen LogP contribution in [0.2, 0.25) is 0 Å². The van der Waals surface area contributed by atoms with E-state index in [1.807, 2.05) is 0 Å². The summed E-state index contributed by atoms with van der Waals surface area (Å²) in [6.45, 7) is 0. The van der Waals surface area contributed by atoms with Crippen LogP contribution in [0, 0.1) is 23.2 Å². The first-order valence-corrected chi connectivity index (χ1v) is 6.26. The number of allylic oxidation sites excluding steroid dienone is 2. The van der Waals surface area contributed by atoms with Gasteiger partial charge in [-0.15, -0.1) is 0 Å². The fourth-order valence-corrected chi connectivity index (χ4v) is 4.40. The molecule has 0 aromatic rings. The second-order valence-electron chi connectivity index (χ2n) is 5.98. The summed E-state index contributed by atoms with van der Waals surface area (Å²) < 4.78 is 0. The lowest BCUT2D eigenvalue weighted by molar-refractivity contribution is -0.142. The number of hydrogen-bond donors (Lipinski definition) is 2. The minimum Gasteiger partial charge on any atom is -0.480 e. The molecule has 0 amide bonds. The third kappa shape index (κ3) is 1.34. The zero-order valence-electron chi connectivity index (χ0n) is 9.43. The maximum atomic E-state index is 11.2. The van der Waals surface area contributed by atoms with Gasteiger partial charge in [0.1, 0.15) is 6.04 Å². The molecule has 3 heteroatoms. The summed E-state index contributed by atoms with van der Waals surface area (Å²) in [4.78, 5) is 11.2. The van der Waals surface area contributed by atoms with E-state index in [2.05, 4.69) is 12.2 Å². The van der Waals surface area contributed by atoms with Crippen molar-refractivity contribution < 1.29 is 9.90 Å². The minimum absolute atomic E-state index is 0.102. The number of aliphatic carboxylic acids is 1. The van der Waals surface area contributed by atoms with E-state index < -0.39 is 12.0 Å². The lowest BCUT2D eigenvalue weighted by Gasteiger charge is -2.40. The Hall–Kier alpha value is -0.830. The van der Waals surface area contributed by atoms with Crippen molar-refractivity contribution >= 4 is 5.97 Å². The van der Waals surface area contributed by atoms with Gasteiger partial charge in [-0.25, -0.2) is 0 Å². The van der Waals surface area contributed by atoms with Crippen molar-refractivity contribution in [2.24, 2.45) is 28.9 Å². The molecule has 3 rings (SSSR count). The van der Waals surface area contributed by atoms with Gasteiger partial charge in [-0.3, -0.25) is 4.79 Å². The molecular formula is C13H19NO2. The maximum Gasteiger partial charge on any atom is 0.321 e. The molecule has 5 atom stereocenters. The van der Waals surface area contributed by atoms with Gasteiger partial charge in [0.05, 0.1) is 0 Å². The predicted octanol–water partition coefficient (Wildman–Crippen LogP) is 1.78. The van der Waals surface area contributed by atoms with Gasteiger partial charge in [-0.05, 0) is 55.3 Å². The number of carbonyl (C=O) groups is 1. The van der Waals surface area contributed by atoms with Gasteiger partial charge in [-0.2, -0.15) is 0 Å². The first kappa shape index (κ1) is 10.3. The van der Waals surface area contributed by atoms with Crippen LogP contribution in [0.1, 0.15) is 32.1 Å². The average molecular weight is 221 g/mol. The highest BCUT2D eigenvalue weighted by Gasteiger charge is 2.54. The zero-order valence-corrected chi connectivity index (χ0v) is 9.43. The quantitative estimate of drug-likeness (QED) is 0.699. The third-order valence-electron chi connectivity index (χ3n) is 5.03. The standard InChI is InChI=1S/C13H19NO2/c14-11(12(15)16)13-5-8-2-1-3-9(6-13)10(4-8)7-13/h1,3,8-11H,2,4-7,14H2,(H,15,16)/t8?,9?,10?,11-,13?/m1/s1. The average Bonchev–Trinajstić information content (AvgIpc) is 2.40. The number of nitrogens with two attached hydrogens (primary N) is 1. The van der Waals surface area contributed by atoms with Crippen LogP contribution in [0.4, 0.5) is 0 Å². The Labute approximate surface area is 95.7 Å². The van der Waals surface area contributed by atoms with Crippen molar-refractivity contribution in [2.45, 2.75) is 38.1 Å². The van der Waals surface area contributed by atoms with Crippen LogP contribution in [0.3, 0.4) is 0 Å². The van der Waals surface area contributed by atoms with Gasteiger partial charge in [0, 0.05) is 0 Å². The molecule has 16 heavy (non-hydrogen) atoms. The fraction of sp³-hybridized carbons (Fsp3) is 0.769. The van der Waals surface area contributed by atoms with Gasteiger partial charge < -0.3 is 10.8 Å². The minimum atomic E-state index is -0.815. The number of carboxylic acid groups (broad SMARTS) is 1. The predicted molar refractivity (Wildman–Crippen MR) is 60.7 cm³/mol. The van der Waals surface area contributed by atoms with Crippen LogP contribution in [0.25, 0.3) is 0 Å². The SMILES string of the molecule is N[C@H](C(=O)O)C12CC3CC=CC(C1)C(C3)C2. The molecule has 3 bridgehead atoms. The molecule has 3 N–H and O–H groups in total. The topological polar surface area (TPSA) is 63.3 Å². The Morgan fingerprint density at radius 3 is 3.00 bits per heavy atom. The maximum absolute atomic E-state index is 11.2. The van der Waals surface area contributed by atoms with Crippen molar-refractivity contribution in [1.29, 1.82) is 0 Å². The van der Waals surface area contributed by atoms with Crippen molar-refractivity contribution in [3.63, 3.8) is 0 Å². The first-order valence-electron chi connectivity index (χ1n) is 6.26. The number of hydrogen-bond acceptors (Lipinski definition) is 2. The molecule has 2 fully saturated rings.